The number of carbonyl (C=O) groups is 3. The first-order valence-electron chi connectivity index (χ1n) is 17.4. The van der Waals surface area contributed by atoms with E-state index in [0.29, 0.717) is 49.0 Å². The SMILES string of the molecule is C=C(C)[C@@H]1CC[C@]2(C(=O)NCCCCC(=O)O)CC[C@]3(C)[C@H](CCC4[C@@]5(C)CC[C@H](OC(C)=O)C(C)(C)[C@@H]5CC[C@]43C)[C@@H]12. The van der Waals surface area contributed by atoms with Gasteiger partial charge in [-0.3, -0.25) is 14.4 Å². The standard InChI is InChI=1S/C37H59NO5/c1-23(2)25-14-19-37(32(42)38-22-10-9-11-30(40)41)21-20-35(7)26(31(25)37)12-13-28-34(6)17-16-29(43-24(3)39)33(4,5)27(34)15-18-36(28,35)8/h25-29,31H,1,9-22H2,2-8H3,(H,38,42)(H,40,41)/t25-,26+,27-,28?,29-,31+,34-,35+,36+,37-/m0/s1. The third kappa shape index (κ3) is 4.90. The molecule has 242 valence electrons. The highest BCUT2D eigenvalue weighted by atomic mass is 16.5. The predicted molar refractivity (Wildman–Crippen MR) is 169 cm³/mol. The lowest BCUT2D eigenvalue weighted by Crippen LogP contribution is -2.67. The zero-order valence-electron chi connectivity index (χ0n) is 28.2. The number of hydrogen-bond acceptors (Lipinski definition) is 4. The molecule has 2 N–H and O–H groups in total. The molecule has 0 saturated heterocycles. The van der Waals surface area contributed by atoms with Crippen LogP contribution in [0.15, 0.2) is 12.2 Å². The molecule has 0 radical (unpaired) electrons. The second kappa shape index (κ2) is 11.2. The molecule has 5 aliphatic rings. The zero-order chi connectivity index (χ0) is 31.6. The fourth-order valence-electron chi connectivity index (χ4n) is 12.7. The molecule has 6 heteroatoms. The molecule has 43 heavy (non-hydrogen) atoms. The molecule has 0 heterocycles. The van der Waals surface area contributed by atoms with Gasteiger partial charge < -0.3 is 15.2 Å². The van der Waals surface area contributed by atoms with Crippen LogP contribution < -0.4 is 5.32 Å². The van der Waals surface area contributed by atoms with E-state index < -0.39 is 5.97 Å². The molecule has 0 aromatic heterocycles. The summed E-state index contributed by atoms with van der Waals surface area (Å²) in [6, 6.07) is 0. The van der Waals surface area contributed by atoms with E-state index in [1.54, 1.807) is 6.92 Å². The maximum atomic E-state index is 14.1. The molecule has 5 saturated carbocycles. The van der Waals surface area contributed by atoms with Crippen molar-refractivity contribution >= 4 is 17.8 Å². The van der Waals surface area contributed by atoms with Crippen LogP contribution in [0.3, 0.4) is 0 Å². The number of allylic oxidation sites excluding steroid dienone is 1. The van der Waals surface area contributed by atoms with Crippen LogP contribution in [0.25, 0.3) is 0 Å². The number of unbranched alkanes of at least 4 members (excludes halogenated alkanes) is 1. The van der Waals surface area contributed by atoms with Gasteiger partial charge in [-0.05, 0) is 130 Å². The van der Waals surface area contributed by atoms with Crippen LogP contribution in [0.1, 0.15) is 132 Å². The molecule has 5 fully saturated rings. The summed E-state index contributed by atoms with van der Waals surface area (Å²) in [7, 11) is 0. The van der Waals surface area contributed by atoms with Crippen LogP contribution in [0.2, 0.25) is 0 Å². The molecule has 0 aromatic carbocycles. The molecule has 0 aromatic rings. The van der Waals surface area contributed by atoms with Crippen molar-refractivity contribution in [1.29, 1.82) is 0 Å². The van der Waals surface area contributed by atoms with E-state index in [-0.39, 0.29) is 51.5 Å². The molecular formula is C37H59NO5. The molecule has 10 atom stereocenters. The van der Waals surface area contributed by atoms with E-state index in [2.05, 4.69) is 53.4 Å². The van der Waals surface area contributed by atoms with Crippen molar-refractivity contribution in [3.8, 4) is 0 Å². The fraction of sp³-hybridized carbons (Fsp3) is 0.865. The lowest BCUT2D eigenvalue weighted by Gasteiger charge is -2.72. The van der Waals surface area contributed by atoms with Gasteiger partial charge in [-0.1, -0.05) is 46.8 Å². The Morgan fingerprint density at radius 1 is 0.837 bits per heavy atom. The summed E-state index contributed by atoms with van der Waals surface area (Å²) in [5.74, 6) is 1.63. The van der Waals surface area contributed by atoms with Crippen LogP contribution in [-0.4, -0.2) is 35.6 Å². The van der Waals surface area contributed by atoms with Gasteiger partial charge in [-0.25, -0.2) is 0 Å². The van der Waals surface area contributed by atoms with Gasteiger partial charge in [0.25, 0.3) is 0 Å². The number of esters is 1. The Balaban J connectivity index is 1.42. The first-order valence-corrected chi connectivity index (χ1v) is 17.4. The van der Waals surface area contributed by atoms with Gasteiger partial charge in [0.2, 0.25) is 5.91 Å². The first kappa shape index (κ1) is 32.5. The van der Waals surface area contributed by atoms with Gasteiger partial charge >= 0.3 is 11.9 Å². The second-order valence-electron chi connectivity index (χ2n) is 16.9. The van der Waals surface area contributed by atoms with Crippen molar-refractivity contribution in [3.05, 3.63) is 12.2 Å². The molecule has 0 spiro atoms. The van der Waals surface area contributed by atoms with E-state index in [4.69, 9.17) is 9.84 Å². The number of hydrogen-bond donors (Lipinski definition) is 2. The predicted octanol–water partition coefficient (Wildman–Crippen LogP) is 7.95. The lowest BCUT2D eigenvalue weighted by atomic mass is 9.32. The molecule has 5 aliphatic carbocycles. The topological polar surface area (TPSA) is 92.7 Å². The van der Waals surface area contributed by atoms with Crippen LogP contribution in [0.5, 0.6) is 0 Å². The largest absolute Gasteiger partial charge is 0.481 e. The first-order chi connectivity index (χ1) is 20.0. The number of fused-ring (bicyclic) bond motifs is 7. The zero-order valence-corrected chi connectivity index (χ0v) is 28.2. The van der Waals surface area contributed by atoms with Gasteiger partial charge in [0.05, 0.1) is 5.41 Å². The Bertz CT molecular complexity index is 1150. The number of rotatable bonds is 8. The van der Waals surface area contributed by atoms with Crippen LogP contribution in [0.4, 0.5) is 0 Å². The fourth-order valence-corrected chi connectivity index (χ4v) is 12.7. The Morgan fingerprint density at radius 2 is 1.56 bits per heavy atom. The van der Waals surface area contributed by atoms with E-state index in [0.717, 1.165) is 38.5 Å². The second-order valence-corrected chi connectivity index (χ2v) is 16.9. The number of carbonyl (C=O) groups excluding carboxylic acids is 2. The number of ether oxygens (including phenoxy) is 1. The van der Waals surface area contributed by atoms with E-state index in [1.807, 2.05) is 0 Å². The Morgan fingerprint density at radius 3 is 2.21 bits per heavy atom. The summed E-state index contributed by atoms with van der Waals surface area (Å²) in [5.41, 5.74) is 1.43. The third-order valence-corrected chi connectivity index (χ3v) is 14.9. The summed E-state index contributed by atoms with van der Waals surface area (Å²) in [6.07, 6.45) is 12.3. The van der Waals surface area contributed by atoms with Gasteiger partial charge in [0.1, 0.15) is 6.10 Å². The van der Waals surface area contributed by atoms with E-state index >= 15 is 0 Å². The van der Waals surface area contributed by atoms with Crippen LogP contribution in [-0.2, 0) is 19.1 Å². The number of nitrogens with one attached hydrogen (secondary N) is 1. The van der Waals surface area contributed by atoms with Crippen LogP contribution >= 0.6 is 0 Å². The Labute approximate surface area is 260 Å². The summed E-state index contributed by atoms with van der Waals surface area (Å²) in [4.78, 5) is 37.1. The minimum absolute atomic E-state index is 0.00731. The van der Waals surface area contributed by atoms with Crippen molar-refractivity contribution < 1.29 is 24.2 Å². The normalized spacial score (nSPS) is 44.6. The van der Waals surface area contributed by atoms with Crippen molar-refractivity contribution in [2.45, 2.75) is 138 Å². The number of carboxylic acids is 1. The monoisotopic (exact) mass is 597 g/mol. The molecule has 0 bridgehead atoms. The highest BCUT2D eigenvalue weighted by molar-refractivity contribution is 5.84. The average Bonchev–Trinajstić information content (AvgIpc) is 3.31. The van der Waals surface area contributed by atoms with Crippen molar-refractivity contribution in [2.24, 2.45) is 56.7 Å². The number of aliphatic carboxylic acids is 1. The minimum Gasteiger partial charge on any atom is -0.481 e. The van der Waals surface area contributed by atoms with Crippen LogP contribution in [0, 0.1) is 56.7 Å². The summed E-state index contributed by atoms with van der Waals surface area (Å²) in [6.45, 7) is 21.3. The summed E-state index contributed by atoms with van der Waals surface area (Å²) in [5, 5.41) is 12.3. The third-order valence-electron chi connectivity index (χ3n) is 14.9. The van der Waals surface area contributed by atoms with Crippen molar-refractivity contribution in [1.82, 2.24) is 5.32 Å². The van der Waals surface area contributed by atoms with Crippen molar-refractivity contribution in [2.75, 3.05) is 6.54 Å². The van der Waals surface area contributed by atoms with Gasteiger partial charge in [-0.15, -0.1) is 0 Å². The molecular weight excluding hydrogens is 538 g/mol. The minimum atomic E-state index is -0.773. The Kier molecular flexibility index (Phi) is 8.47. The Hall–Kier alpha value is -1.85. The maximum absolute atomic E-state index is 14.1. The number of carboxylic acid groups (broad SMARTS) is 1. The highest BCUT2D eigenvalue weighted by Crippen LogP contribution is 2.77. The number of amides is 1. The van der Waals surface area contributed by atoms with Gasteiger partial charge in [0.15, 0.2) is 0 Å². The molecule has 1 unspecified atom stereocenters. The quantitative estimate of drug-likeness (QED) is 0.168. The average molecular weight is 598 g/mol. The van der Waals surface area contributed by atoms with Gasteiger partial charge in [0, 0.05) is 25.3 Å². The molecule has 0 aliphatic heterocycles. The highest BCUT2D eigenvalue weighted by Gasteiger charge is 2.72. The summed E-state index contributed by atoms with van der Waals surface area (Å²) >= 11 is 0. The van der Waals surface area contributed by atoms with Gasteiger partial charge in [-0.2, -0.15) is 0 Å². The molecule has 1 amide bonds. The summed E-state index contributed by atoms with van der Waals surface area (Å²) < 4.78 is 5.92. The lowest BCUT2D eigenvalue weighted by molar-refractivity contribution is -0.248. The molecule has 5 rings (SSSR count). The molecule has 6 nitrogen and oxygen atoms in total. The van der Waals surface area contributed by atoms with Crippen molar-refractivity contribution in [3.63, 3.8) is 0 Å². The smallest absolute Gasteiger partial charge is 0.303 e. The van der Waals surface area contributed by atoms with E-state index in [9.17, 15) is 14.4 Å². The maximum Gasteiger partial charge on any atom is 0.303 e. The van der Waals surface area contributed by atoms with E-state index in [1.165, 1.54) is 31.3 Å².